The number of carbonyl (C=O) groups excluding carboxylic acids is 2. The number of methoxy groups -OCH3 is 1. The monoisotopic (exact) mass is 646 g/mol. The number of allylic oxidation sites excluding steroid dienone is 3. The number of nitrogens with zero attached hydrogens (tertiary/aromatic N) is 2. The van der Waals surface area contributed by atoms with Gasteiger partial charge in [-0.3, -0.25) is 9.59 Å². The van der Waals surface area contributed by atoms with Gasteiger partial charge in [0.05, 0.1) is 38.0 Å². The van der Waals surface area contributed by atoms with Crippen molar-refractivity contribution >= 4 is 25.8 Å². The van der Waals surface area contributed by atoms with E-state index in [0.717, 1.165) is 35.2 Å². The maximum absolute atomic E-state index is 14.7. The molecule has 5 atom stereocenters. The summed E-state index contributed by atoms with van der Waals surface area (Å²) in [6.45, 7) is 12.7. The van der Waals surface area contributed by atoms with Gasteiger partial charge in [0.25, 0.3) is 5.91 Å². The third-order valence-corrected chi connectivity index (χ3v) is 12.7. The summed E-state index contributed by atoms with van der Waals surface area (Å²) in [6, 6.07) is 13.3. The Balaban J connectivity index is 1.48. The molecule has 0 radical (unpaired) electrons. The molecule has 2 N–H and O–H groups in total. The Kier molecular flexibility index (Phi) is 9.99. The summed E-state index contributed by atoms with van der Waals surface area (Å²) in [6.07, 6.45) is 6.11. The molecular weight excluding hydrogens is 597 g/mol. The van der Waals surface area contributed by atoms with Crippen molar-refractivity contribution in [1.29, 1.82) is 0 Å². The van der Waals surface area contributed by atoms with Crippen LogP contribution in [0.3, 0.4) is 0 Å². The molecule has 0 bridgehead atoms. The van der Waals surface area contributed by atoms with E-state index in [1.54, 1.807) is 16.9 Å². The van der Waals surface area contributed by atoms with Crippen molar-refractivity contribution in [3.8, 4) is 5.75 Å². The van der Waals surface area contributed by atoms with Gasteiger partial charge in [0, 0.05) is 30.1 Å². The van der Waals surface area contributed by atoms with Gasteiger partial charge in [0.2, 0.25) is 5.91 Å². The van der Waals surface area contributed by atoms with Crippen molar-refractivity contribution in [3.05, 3.63) is 82.5 Å². The molecule has 46 heavy (non-hydrogen) atoms. The van der Waals surface area contributed by atoms with E-state index in [9.17, 15) is 19.5 Å². The van der Waals surface area contributed by atoms with Crippen molar-refractivity contribution in [1.82, 2.24) is 4.90 Å². The fourth-order valence-electron chi connectivity index (χ4n) is 7.83. The number of benzene rings is 2. The van der Waals surface area contributed by atoms with E-state index >= 15 is 0 Å². The molecule has 0 aliphatic carbocycles. The molecule has 1 fully saturated rings. The first-order chi connectivity index (χ1) is 21.8. The van der Waals surface area contributed by atoms with Gasteiger partial charge < -0.3 is 29.2 Å². The third-order valence-electron chi connectivity index (χ3n) is 10.2. The van der Waals surface area contributed by atoms with E-state index in [2.05, 4.69) is 32.9 Å². The highest BCUT2D eigenvalue weighted by Crippen LogP contribution is 2.60. The van der Waals surface area contributed by atoms with Crippen LogP contribution in [-0.2, 0) is 32.9 Å². The van der Waals surface area contributed by atoms with Gasteiger partial charge >= 0.3 is 0 Å². The molecule has 2 aromatic carbocycles. The zero-order chi connectivity index (χ0) is 33.4. The van der Waals surface area contributed by atoms with Crippen LogP contribution >= 0.6 is 0 Å². The predicted octanol–water partition coefficient (Wildman–Crippen LogP) is 5.87. The van der Waals surface area contributed by atoms with Crippen LogP contribution in [-0.4, -0.2) is 67.3 Å². The second kappa shape index (κ2) is 13.5. The Morgan fingerprint density at radius 3 is 2.50 bits per heavy atom. The average molecular weight is 647 g/mol. The van der Waals surface area contributed by atoms with Crippen molar-refractivity contribution < 1.29 is 29.0 Å². The molecule has 0 aromatic heterocycles. The lowest BCUT2D eigenvalue weighted by molar-refractivity contribution is -0.150. The molecule has 3 aliphatic rings. The molecule has 3 heterocycles. The third kappa shape index (κ3) is 6.35. The molecule has 8 nitrogen and oxygen atoms in total. The van der Waals surface area contributed by atoms with Gasteiger partial charge in [-0.1, -0.05) is 54.5 Å². The molecule has 1 saturated heterocycles. The highest BCUT2D eigenvalue weighted by atomic mass is 28.4. The van der Waals surface area contributed by atoms with Gasteiger partial charge in [-0.05, 0) is 82.5 Å². The van der Waals surface area contributed by atoms with E-state index in [-0.39, 0.29) is 36.4 Å². The summed E-state index contributed by atoms with van der Waals surface area (Å²) in [5.74, 6) is -0.0887. The molecule has 2 amide bonds. The number of aliphatic hydroxyl groups excluding tert-OH is 1. The Morgan fingerprint density at radius 1 is 1.13 bits per heavy atom. The molecule has 3 aliphatic heterocycles. The zero-order valence-corrected chi connectivity index (χ0v) is 29.4. The lowest BCUT2D eigenvalue weighted by Gasteiger charge is -2.37. The van der Waals surface area contributed by atoms with E-state index < -0.39 is 25.9 Å². The first-order valence-electron chi connectivity index (χ1n) is 16.5. The standard InChI is InChI=1S/C37H50N2O6Si/c1-24(2)11-10-12-25(3)17-18-38-32-16-15-30(44-5)20-31(32)37(36(38)42)26(4)35(46(6,7)43)33(45-37)21-34(41)39-22-28-14-9-8-13-27(28)19-29(39)23-40/h8-9,11,13-17,20,26,29,33,35,40,43H,10,12,18-19,21-23H2,1-7H3/b25-17+/t26-,29-,33+,35-,37+/m0/s1. The number of carbonyl (C=O) groups is 2. The maximum atomic E-state index is 14.7. The summed E-state index contributed by atoms with van der Waals surface area (Å²) < 4.78 is 12.5. The van der Waals surface area contributed by atoms with Gasteiger partial charge in [-0.15, -0.1) is 0 Å². The summed E-state index contributed by atoms with van der Waals surface area (Å²) in [5, 5.41) is 10.2. The Morgan fingerprint density at radius 2 is 1.85 bits per heavy atom. The van der Waals surface area contributed by atoms with Crippen LogP contribution in [0.4, 0.5) is 5.69 Å². The minimum atomic E-state index is -2.96. The molecule has 5 rings (SSSR count). The molecule has 248 valence electrons. The number of aliphatic hydroxyl groups is 1. The fraction of sp³-hybridized carbons (Fsp3) is 0.514. The number of rotatable bonds is 10. The highest BCUT2D eigenvalue weighted by Gasteiger charge is 2.66. The molecule has 2 aromatic rings. The Labute approximate surface area is 274 Å². The van der Waals surface area contributed by atoms with Gasteiger partial charge in [0.1, 0.15) is 5.75 Å². The Bertz CT molecular complexity index is 1530. The first-order valence-corrected chi connectivity index (χ1v) is 19.5. The highest BCUT2D eigenvalue weighted by molar-refractivity contribution is 6.71. The fourth-order valence-corrected chi connectivity index (χ4v) is 10.4. The first kappa shape index (κ1) is 34.1. The second-order valence-electron chi connectivity index (χ2n) is 14.1. The minimum Gasteiger partial charge on any atom is -0.497 e. The summed E-state index contributed by atoms with van der Waals surface area (Å²) in [4.78, 5) is 43.9. The van der Waals surface area contributed by atoms with Gasteiger partial charge in [-0.2, -0.15) is 0 Å². The number of amides is 2. The average Bonchev–Trinajstić information content (AvgIpc) is 3.44. The molecule has 0 unspecified atom stereocenters. The normalized spacial score (nSPS) is 25.9. The van der Waals surface area contributed by atoms with Crippen LogP contribution in [0.1, 0.15) is 63.6 Å². The topological polar surface area (TPSA) is 99.5 Å². The van der Waals surface area contributed by atoms with Crippen LogP contribution < -0.4 is 9.64 Å². The quantitative estimate of drug-likeness (QED) is 0.248. The van der Waals surface area contributed by atoms with Gasteiger partial charge in [-0.25, -0.2) is 0 Å². The van der Waals surface area contributed by atoms with Crippen LogP contribution in [0.5, 0.6) is 5.75 Å². The number of hydrogen-bond donors (Lipinski definition) is 2. The number of anilines is 1. The van der Waals surface area contributed by atoms with Gasteiger partial charge in [0.15, 0.2) is 13.9 Å². The maximum Gasteiger partial charge on any atom is 0.264 e. The van der Waals surface area contributed by atoms with Crippen molar-refractivity contribution in [2.24, 2.45) is 5.92 Å². The molecular formula is C37H50N2O6Si. The smallest absolute Gasteiger partial charge is 0.264 e. The number of hydrogen-bond acceptors (Lipinski definition) is 6. The number of fused-ring (bicyclic) bond motifs is 3. The van der Waals surface area contributed by atoms with Crippen LogP contribution in [0, 0.1) is 5.92 Å². The minimum absolute atomic E-state index is 0.0162. The van der Waals surface area contributed by atoms with E-state index in [4.69, 9.17) is 9.47 Å². The molecule has 9 heteroatoms. The second-order valence-corrected chi connectivity index (χ2v) is 18.0. The number of ether oxygens (including phenoxy) is 2. The van der Waals surface area contributed by atoms with Crippen LogP contribution in [0.15, 0.2) is 65.8 Å². The van der Waals surface area contributed by atoms with E-state index in [1.807, 2.05) is 62.5 Å². The summed E-state index contributed by atoms with van der Waals surface area (Å²) in [5.41, 5.74) is 4.44. The van der Waals surface area contributed by atoms with Crippen LogP contribution in [0.2, 0.25) is 18.6 Å². The molecule has 0 saturated carbocycles. The predicted molar refractivity (Wildman–Crippen MR) is 183 cm³/mol. The van der Waals surface area contributed by atoms with E-state index in [0.29, 0.717) is 25.3 Å². The largest absolute Gasteiger partial charge is 0.497 e. The molecule has 1 spiro atoms. The summed E-state index contributed by atoms with van der Waals surface area (Å²) >= 11 is 0. The lowest BCUT2D eigenvalue weighted by Crippen LogP contribution is -2.48. The van der Waals surface area contributed by atoms with E-state index in [1.165, 1.54) is 11.1 Å². The van der Waals surface area contributed by atoms with Crippen molar-refractivity contribution in [2.75, 3.05) is 25.2 Å². The van der Waals surface area contributed by atoms with Crippen molar-refractivity contribution in [2.45, 2.75) is 96.3 Å². The Hall–Kier alpha value is -3.24. The zero-order valence-electron chi connectivity index (χ0n) is 28.4. The lowest BCUT2D eigenvalue weighted by atomic mass is 9.82. The summed E-state index contributed by atoms with van der Waals surface area (Å²) in [7, 11) is -1.36. The van der Waals surface area contributed by atoms with Crippen molar-refractivity contribution in [3.63, 3.8) is 0 Å². The van der Waals surface area contributed by atoms with Crippen LogP contribution in [0.25, 0.3) is 0 Å². The SMILES string of the molecule is COc1ccc2c(c1)[C@@]1(O[C@H](CC(=O)N3Cc4ccccc4C[C@H]3CO)[C@@H]([Si](C)(C)O)[C@@H]1C)C(=O)N2C/C=C(\C)CCC=C(C)C.